The Morgan fingerprint density at radius 3 is 2.52 bits per heavy atom. The average molecular weight is 304 g/mol. The molecule has 0 spiro atoms. The van der Waals surface area contributed by atoms with Gasteiger partial charge in [0.1, 0.15) is 11.9 Å². The van der Waals surface area contributed by atoms with Crippen molar-refractivity contribution >= 4 is 11.6 Å². The van der Waals surface area contributed by atoms with Gasteiger partial charge in [0.05, 0.1) is 0 Å². The van der Waals surface area contributed by atoms with E-state index < -0.39 is 0 Å². The van der Waals surface area contributed by atoms with Crippen LogP contribution in [0.1, 0.15) is 24.5 Å². The number of halogens is 1. The molecule has 112 valence electrons. The standard InChI is InChI=1S/C18H22ClNO/c1-3-16(21-18-11-7-4-8-14(18)2)13-20-12-15-9-5-6-10-17(15)19/h4-11,16,20H,3,12-13H2,1-2H3/t16-/m1/s1. The number of rotatable bonds is 7. The second-order valence-electron chi connectivity index (χ2n) is 5.14. The molecule has 0 aliphatic rings. The lowest BCUT2D eigenvalue weighted by Gasteiger charge is -2.19. The first-order chi connectivity index (χ1) is 10.2. The quantitative estimate of drug-likeness (QED) is 0.807. The summed E-state index contributed by atoms with van der Waals surface area (Å²) in [4.78, 5) is 0. The fourth-order valence-electron chi connectivity index (χ4n) is 2.15. The molecule has 2 rings (SSSR count). The molecule has 1 N–H and O–H groups in total. The van der Waals surface area contributed by atoms with Crippen molar-refractivity contribution in [3.8, 4) is 5.75 Å². The molecule has 2 nitrogen and oxygen atoms in total. The van der Waals surface area contributed by atoms with Gasteiger partial charge in [0.15, 0.2) is 0 Å². The van der Waals surface area contributed by atoms with E-state index in [0.717, 1.165) is 35.8 Å². The van der Waals surface area contributed by atoms with Crippen LogP contribution in [-0.4, -0.2) is 12.6 Å². The lowest BCUT2D eigenvalue weighted by atomic mass is 10.2. The summed E-state index contributed by atoms with van der Waals surface area (Å²) in [7, 11) is 0. The SMILES string of the molecule is CC[C@H](CNCc1ccccc1Cl)Oc1ccccc1C. The van der Waals surface area contributed by atoms with Crippen molar-refractivity contribution in [2.45, 2.75) is 32.9 Å². The Morgan fingerprint density at radius 1 is 1.10 bits per heavy atom. The predicted octanol–water partition coefficient (Wildman–Crippen LogP) is 4.60. The molecular formula is C18H22ClNO. The van der Waals surface area contributed by atoms with Gasteiger partial charge in [0.25, 0.3) is 0 Å². The molecule has 0 amide bonds. The van der Waals surface area contributed by atoms with Crippen LogP contribution in [0.3, 0.4) is 0 Å². The molecule has 1 atom stereocenters. The number of benzene rings is 2. The van der Waals surface area contributed by atoms with Crippen molar-refractivity contribution in [2.24, 2.45) is 0 Å². The van der Waals surface area contributed by atoms with Crippen LogP contribution in [-0.2, 0) is 6.54 Å². The molecule has 0 aliphatic heterocycles. The van der Waals surface area contributed by atoms with E-state index in [0.29, 0.717) is 0 Å². The molecule has 0 saturated heterocycles. The average Bonchev–Trinajstić information content (AvgIpc) is 2.50. The fourth-order valence-corrected chi connectivity index (χ4v) is 2.35. The van der Waals surface area contributed by atoms with Crippen LogP contribution in [0.4, 0.5) is 0 Å². The molecule has 0 saturated carbocycles. The van der Waals surface area contributed by atoms with Crippen molar-refractivity contribution in [3.63, 3.8) is 0 Å². The molecule has 0 aromatic heterocycles. The van der Waals surface area contributed by atoms with Crippen LogP contribution in [0.15, 0.2) is 48.5 Å². The highest BCUT2D eigenvalue weighted by Gasteiger charge is 2.09. The van der Waals surface area contributed by atoms with E-state index in [-0.39, 0.29) is 6.10 Å². The van der Waals surface area contributed by atoms with Crippen LogP contribution >= 0.6 is 11.6 Å². The molecule has 0 heterocycles. The Bertz CT molecular complexity index is 571. The maximum atomic E-state index is 6.15. The largest absolute Gasteiger partial charge is 0.489 e. The first-order valence-electron chi connectivity index (χ1n) is 7.37. The Kier molecular flexibility index (Phi) is 6.09. The Labute approximate surface area is 132 Å². The topological polar surface area (TPSA) is 21.3 Å². The molecule has 0 fully saturated rings. The van der Waals surface area contributed by atoms with Gasteiger partial charge >= 0.3 is 0 Å². The molecule has 0 radical (unpaired) electrons. The number of hydrogen-bond acceptors (Lipinski definition) is 2. The van der Waals surface area contributed by atoms with Gasteiger partial charge in [-0.25, -0.2) is 0 Å². The summed E-state index contributed by atoms with van der Waals surface area (Å²) < 4.78 is 6.07. The van der Waals surface area contributed by atoms with Crippen molar-refractivity contribution < 1.29 is 4.74 Å². The number of aryl methyl sites for hydroxylation is 1. The summed E-state index contributed by atoms with van der Waals surface area (Å²) >= 11 is 6.15. The summed E-state index contributed by atoms with van der Waals surface area (Å²) in [6.45, 7) is 5.77. The predicted molar refractivity (Wildman–Crippen MR) is 89.0 cm³/mol. The van der Waals surface area contributed by atoms with Gasteiger partial charge < -0.3 is 10.1 Å². The van der Waals surface area contributed by atoms with E-state index in [9.17, 15) is 0 Å². The number of hydrogen-bond donors (Lipinski definition) is 1. The third kappa shape index (κ3) is 4.76. The molecule has 2 aromatic carbocycles. The van der Waals surface area contributed by atoms with Crippen LogP contribution in [0, 0.1) is 6.92 Å². The van der Waals surface area contributed by atoms with E-state index in [1.165, 1.54) is 5.56 Å². The van der Waals surface area contributed by atoms with Gasteiger partial charge in [-0.05, 0) is 36.6 Å². The highest BCUT2D eigenvalue weighted by molar-refractivity contribution is 6.31. The van der Waals surface area contributed by atoms with E-state index in [1.807, 2.05) is 42.5 Å². The fraction of sp³-hybridized carbons (Fsp3) is 0.333. The summed E-state index contributed by atoms with van der Waals surface area (Å²) in [5, 5.41) is 4.23. The second kappa shape index (κ2) is 8.06. The minimum atomic E-state index is 0.161. The Hall–Kier alpha value is -1.51. The Balaban J connectivity index is 1.86. The van der Waals surface area contributed by atoms with Crippen LogP contribution in [0.2, 0.25) is 5.02 Å². The van der Waals surface area contributed by atoms with Gasteiger partial charge in [0.2, 0.25) is 0 Å². The zero-order valence-electron chi connectivity index (χ0n) is 12.6. The monoisotopic (exact) mass is 303 g/mol. The highest BCUT2D eigenvalue weighted by atomic mass is 35.5. The maximum absolute atomic E-state index is 6.15. The van der Waals surface area contributed by atoms with Gasteiger partial charge in [-0.2, -0.15) is 0 Å². The second-order valence-corrected chi connectivity index (χ2v) is 5.54. The minimum Gasteiger partial charge on any atom is -0.489 e. The maximum Gasteiger partial charge on any atom is 0.122 e. The van der Waals surface area contributed by atoms with Gasteiger partial charge in [-0.1, -0.05) is 54.9 Å². The third-order valence-electron chi connectivity index (χ3n) is 3.49. The third-order valence-corrected chi connectivity index (χ3v) is 3.86. The number of nitrogens with one attached hydrogen (secondary N) is 1. The van der Waals surface area contributed by atoms with E-state index >= 15 is 0 Å². The van der Waals surface area contributed by atoms with Gasteiger partial charge in [0, 0.05) is 18.1 Å². The zero-order valence-corrected chi connectivity index (χ0v) is 13.4. The van der Waals surface area contributed by atoms with Crippen molar-refractivity contribution in [2.75, 3.05) is 6.54 Å². The zero-order chi connectivity index (χ0) is 15.1. The summed E-state index contributed by atoms with van der Waals surface area (Å²) in [5.74, 6) is 0.962. The lowest BCUT2D eigenvalue weighted by molar-refractivity contribution is 0.192. The first kappa shape index (κ1) is 15.9. The molecular weight excluding hydrogens is 282 g/mol. The summed E-state index contributed by atoms with van der Waals surface area (Å²) in [6, 6.07) is 16.0. The summed E-state index contributed by atoms with van der Waals surface area (Å²) in [5.41, 5.74) is 2.28. The van der Waals surface area contributed by atoms with E-state index in [1.54, 1.807) is 0 Å². The van der Waals surface area contributed by atoms with E-state index in [4.69, 9.17) is 16.3 Å². The first-order valence-corrected chi connectivity index (χ1v) is 7.75. The number of para-hydroxylation sites is 1. The highest BCUT2D eigenvalue weighted by Crippen LogP contribution is 2.19. The Morgan fingerprint density at radius 2 is 1.81 bits per heavy atom. The van der Waals surface area contributed by atoms with Crippen LogP contribution < -0.4 is 10.1 Å². The lowest BCUT2D eigenvalue weighted by Crippen LogP contribution is -2.30. The smallest absolute Gasteiger partial charge is 0.122 e. The summed E-state index contributed by atoms with van der Waals surface area (Å²) in [6.07, 6.45) is 1.12. The van der Waals surface area contributed by atoms with Gasteiger partial charge in [-0.15, -0.1) is 0 Å². The molecule has 2 aromatic rings. The molecule has 0 unspecified atom stereocenters. The van der Waals surface area contributed by atoms with Crippen LogP contribution in [0.25, 0.3) is 0 Å². The van der Waals surface area contributed by atoms with Gasteiger partial charge in [-0.3, -0.25) is 0 Å². The number of ether oxygens (including phenoxy) is 1. The molecule has 3 heteroatoms. The molecule has 0 aliphatic carbocycles. The van der Waals surface area contributed by atoms with E-state index in [2.05, 4.69) is 25.2 Å². The van der Waals surface area contributed by atoms with Crippen molar-refractivity contribution in [1.29, 1.82) is 0 Å². The van der Waals surface area contributed by atoms with Crippen LogP contribution in [0.5, 0.6) is 5.75 Å². The van der Waals surface area contributed by atoms with Crippen molar-refractivity contribution in [1.82, 2.24) is 5.32 Å². The molecule has 21 heavy (non-hydrogen) atoms. The molecule has 0 bridgehead atoms. The van der Waals surface area contributed by atoms with Crippen molar-refractivity contribution in [3.05, 3.63) is 64.7 Å². The normalized spacial score (nSPS) is 12.1. The minimum absolute atomic E-state index is 0.161.